The summed E-state index contributed by atoms with van der Waals surface area (Å²) in [6.07, 6.45) is 7.57. The SMILES string of the molecule is CNC12CC3CC(CC(C3)C1C)C2.Cl. The fourth-order valence-corrected chi connectivity index (χ4v) is 4.73. The summed E-state index contributed by atoms with van der Waals surface area (Å²) < 4.78 is 0. The number of halogens is 1. The van der Waals surface area contributed by atoms with Crippen LogP contribution in [0.5, 0.6) is 0 Å². The molecule has 0 saturated heterocycles. The van der Waals surface area contributed by atoms with Crippen molar-refractivity contribution in [1.82, 2.24) is 5.32 Å². The van der Waals surface area contributed by atoms with Crippen molar-refractivity contribution >= 4 is 12.4 Å². The molecule has 0 aromatic heterocycles. The molecule has 14 heavy (non-hydrogen) atoms. The van der Waals surface area contributed by atoms with E-state index in [1.165, 1.54) is 12.8 Å². The topological polar surface area (TPSA) is 12.0 Å². The van der Waals surface area contributed by atoms with Crippen LogP contribution in [0.25, 0.3) is 0 Å². The lowest BCUT2D eigenvalue weighted by atomic mass is 9.49. The highest BCUT2D eigenvalue weighted by molar-refractivity contribution is 5.85. The molecule has 0 aromatic rings. The van der Waals surface area contributed by atoms with Crippen LogP contribution >= 0.6 is 12.4 Å². The Bertz CT molecular complexity index is 214. The van der Waals surface area contributed by atoms with Crippen LogP contribution in [0.1, 0.15) is 39.0 Å². The summed E-state index contributed by atoms with van der Waals surface area (Å²) in [7, 11) is 2.18. The van der Waals surface area contributed by atoms with Gasteiger partial charge in [0.15, 0.2) is 0 Å². The molecule has 3 unspecified atom stereocenters. The molecular weight excluding hydrogens is 194 g/mol. The molecule has 4 aliphatic carbocycles. The maximum atomic E-state index is 3.66. The van der Waals surface area contributed by atoms with Gasteiger partial charge in [-0.05, 0) is 62.8 Å². The first-order valence-electron chi connectivity index (χ1n) is 5.92. The number of hydrogen-bond donors (Lipinski definition) is 1. The summed E-state index contributed by atoms with van der Waals surface area (Å²) in [5, 5.41) is 3.66. The summed E-state index contributed by atoms with van der Waals surface area (Å²) >= 11 is 0. The zero-order valence-corrected chi connectivity index (χ0v) is 10.1. The lowest BCUT2D eigenvalue weighted by Gasteiger charge is -2.60. The highest BCUT2D eigenvalue weighted by atomic mass is 35.5. The van der Waals surface area contributed by atoms with E-state index in [0.29, 0.717) is 5.54 Å². The Hall–Kier alpha value is 0.250. The molecule has 0 aromatic carbocycles. The Balaban J connectivity index is 0.000000750. The monoisotopic (exact) mass is 215 g/mol. The largest absolute Gasteiger partial charge is 0.314 e. The number of hydrogen-bond acceptors (Lipinski definition) is 1. The molecule has 0 radical (unpaired) electrons. The van der Waals surface area contributed by atoms with Gasteiger partial charge in [0.2, 0.25) is 0 Å². The van der Waals surface area contributed by atoms with Crippen molar-refractivity contribution in [3.05, 3.63) is 0 Å². The molecule has 0 amide bonds. The predicted octanol–water partition coefficient (Wildman–Crippen LogP) is 2.84. The maximum absolute atomic E-state index is 3.66. The van der Waals surface area contributed by atoms with Crippen LogP contribution in [0.3, 0.4) is 0 Å². The summed E-state index contributed by atoms with van der Waals surface area (Å²) in [4.78, 5) is 0. The van der Waals surface area contributed by atoms with Crippen molar-refractivity contribution in [2.24, 2.45) is 23.7 Å². The van der Waals surface area contributed by atoms with E-state index in [1.54, 1.807) is 19.3 Å². The average molecular weight is 216 g/mol. The first-order chi connectivity index (χ1) is 6.23. The third-order valence-electron chi connectivity index (χ3n) is 5.32. The molecular formula is C12H22ClN. The molecule has 1 nitrogen and oxygen atoms in total. The van der Waals surface area contributed by atoms with Crippen molar-refractivity contribution in [1.29, 1.82) is 0 Å². The normalized spacial score (nSPS) is 54.4. The average Bonchev–Trinajstić information content (AvgIpc) is 2.12. The van der Waals surface area contributed by atoms with Gasteiger partial charge in [-0.3, -0.25) is 0 Å². The van der Waals surface area contributed by atoms with Gasteiger partial charge < -0.3 is 5.32 Å². The summed E-state index contributed by atoms with van der Waals surface area (Å²) in [5.41, 5.74) is 0.550. The van der Waals surface area contributed by atoms with Gasteiger partial charge in [-0.25, -0.2) is 0 Å². The minimum absolute atomic E-state index is 0. The molecule has 1 N–H and O–H groups in total. The molecule has 4 bridgehead atoms. The van der Waals surface area contributed by atoms with E-state index in [4.69, 9.17) is 0 Å². The Morgan fingerprint density at radius 1 is 1.07 bits per heavy atom. The molecule has 0 heterocycles. The van der Waals surface area contributed by atoms with Crippen LogP contribution in [0, 0.1) is 23.7 Å². The van der Waals surface area contributed by atoms with E-state index in [1.807, 2.05) is 0 Å². The molecule has 4 rings (SSSR count). The highest BCUT2D eigenvalue weighted by Gasteiger charge is 2.54. The van der Waals surface area contributed by atoms with Crippen molar-refractivity contribution in [3.63, 3.8) is 0 Å². The highest BCUT2D eigenvalue weighted by Crippen LogP contribution is 2.58. The van der Waals surface area contributed by atoms with Crippen molar-refractivity contribution in [2.45, 2.75) is 44.6 Å². The Kier molecular flexibility index (Phi) is 2.60. The number of nitrogens with one attached hydrogen (secondary N) is 1. The second kappa shape index (κ2) is 3.38. The van der Waals surface area contributed by atoms with Gasteiger partial charge in [-0.2, -0.15) is 0 Å². The zero-order valence-electron chi connectivity index (χ0n) is 9.25. The van der Waals surface area contributed by atoms with E-state index in [0.717, 1.165) is 23.7 Å². The van der Waals surface area contributed by atoms with Gasteiger partial charge >= 0.3 is 0 Å². The quantitative estimate of drug-likeness (QED) is 0.710. The van der Waals surface area contributed by atoms with Gasteiger partial charge in [-0.1, -0.05) is 6.92 Å². The van der Waals surface area contributed by atoms with Crippen LogP contribution in [0.2, 0.25) is 0 Å². The minimum atomic E-state index is 0. The second-order valence-electron chi connectivity index (χ2n) is 5.80. The second-order valence-corrected chi connectivity index (χ2v) is 5.80. The van der Waals surface area contributed by atoms with Crippen LogP contribution in [-0.4, -0.2) is 12.6 Å². The summed E-state index contributed by atoms with van der Waals surface area (Å²) in [5.74, 6) is 4.13. The van der Waals surface area contributed by atoms with Crippen molar-refractivity contribution in [2.75, 3.05) is 7.05 Å². The summed E-state index contributed by atoms with van der Waals surface area (Å²) in [6, 6.07) is 0. The van der Waals surface area contributed by atoms with E-state index in [2.05, 4.69) is 19.3 Å². The maximum Gasteiger partial charge on any atom is 0.0211 e. The molecule has 2 heteroatoms. The Morgan fingerprint density at radius 3 is 2.14 bits per heavy atom. The van der Waals surface area contributed by atoms with E-state index in [9.17, 15) is 0 Å². The predicted molar refractivity (Wildman–Crippen MR) is 61.8 cm³/mol. The van der Waals surface area contributed by atoms with Crippen molar-refractivity contribution < 1.29 is 0 Å². The third kappa shape index (κ3) is 1.25. The standard InChI is InChI=1S/C12H21N.ClH/c1-8-11-4-9-3-10(5-11)7-12(8,6-9)13-2;/h8-11,13H,3-7H2,1-2H3;1H. The first-order valence-corrected chi connectivity index (χ1v) is 5.92. The summed E-state index contributed by atoms with van der Waals surface area (Å²) in [6.45, 7) is 2.49. The van der Waals surface area contributed by atoms with Gasteiger partial charge in [0, 0.05) is 5.54 Å². The van der Waals surface area contributed by atoms with Gasteiger partial charge in [0.05, 0.1) is 0 Å². The third-order valence-corrected chi connectivity index (χ3v) is 5.32. The van der Waals surface area contributed by atoms with Crippen LogP contribution in [0.15, 0.2) is 0 Å². The Morgan fingerprint density at radius 2 is 1.64 bits per heavy atom. The van der Waals surface area contributed by atoms with E-state index < -0.39 is 0 Å². The first kappa shape index (κ1) is 10.8. The minimum Gasteiger partial charge on any atom is -0.314 e. The van der Waals surface area contributed by atoms with Crippen LogP contribution < -0.4 is 5.32 Å². The lowest BCUT2D eigenvalue weighted by molar-refractivity contribution is -0.0632. The van der Waals surface area contributed by atoms with Crippen molar-refractivity contribution in [3.8, 4) is 0 Å². The molecule has 4 fully saturated rings. The zero-order chi connectivity index (χ0) is 9.05. The van der Waals surface area contributed by atoms with E-state index in [-0.39, 0.29) is 12.4 Å². The van der Waals surface area contributed by atoms with Gasteiger partial charge in [0.25, 0.3) is 0 Å². The fourth-order valence-electron chi connectivity index (χ4n) is 4.73. The fraction of sp³-hybridized carbons (Fsp3) is 1.00. The smallest absolute Gasteiger partial charge is 0.0211 e. The van der Waals surface area contributed by atoms with Crippen LogP contribution in [-0.2, 0) is 0 Å². The lowest BCUT2D eigenvalue weighted by Crippen LogP contribution is -2.62. The van der Waals surface area contributed by atoms with Gasteiger partial charge in [-0.15, -0.1) is 12.4 Å². The number of rotatable bonds is 1. The molecule has 0 aliphatic heterocycles. The van der Waals surface area contributed by atoms with E-state index >= 15 is 0 Å². The van der Waals surface area contributed by atoms with Crippen LogP contribution in [0.4, 0.5) is 0 Å². The Labute approximate surface area is 93.4 Å². The molecule has 4 saturated carbocycles. The molecule has 4 aliphatic rings. The molecule has 0 spiro atoms. The molecule has 82 valence electrons. The molecule has 3 atom stereocenters. The van der Waals surface area contributed by atoms with Gasteiger partial charge in [0.1, 0.15) is 0 Å².